The van der Waals surface area contributed by atoms with Crippen LogP contribution in [0.15, 0.2) is 42.6 Å². The van der Waals surface area contributed by atoms with Crippen molar-refractivity contribution < 1.29 is 4.92 Å². The van der Waals surface area contributed by atoms with Gasteiger partial charge in [-0.2, -0.15) is 5.26 Å². The number of benzene rings is 1. The van der Waals surface area contributed by atoms with E-state index in [9.17, 15) is 10.1 Å². The molecule has 2 aromatic rings. The Morgan fingerprint density at radius 1 is 1.09 bits per heavy atom. The zero-order valence-electron chi connectivity index (χ0n) is 12.4. The summed E-state index contributed by atoms with van der Waals surface area (Å²) in [5, 5.41) is 19.9. The van der Waals surface area contributed by atoms with Crippen LogP contribution < -0.4 is 9.80 Å². The van der Waals surface area contributed by atoms with E-state index in [0.29, 0.717) is 5.56 Å². The molecule has 0 atom stereocenters. The first kappa shape index (κ1) is 14.8. The van der Waals surface area contributed by atoms with Gasteiger partial charge in [0.1, 0.15) is 11.9 Å². The van der Waals surface area contributed by atoms with Crippen molar-refractivity contribution in [3.63, 3.8) is 0 Å². The number of aromatic nitrogens is 1. The molecule has 1 aliphatic heterocycles. The fourth-order valence-electron chi connectivity index (χ4n) is 2.70. The molecule has 1 aromatic heterocycles. The number of nitriles is 1. The van der Waals surface area contributed by atoms with Gasteiger partial charge in [0.15, 0.2) is 0 Å². The summed E-state index contributed by atoms with van der Waals surface area (Å²) in [5.41, 5.74) is 1.65. The van der Waals surface area contributed by atoms with Gasteiger partial charge in [0.05, 0.1) is 10.5 Å². The second kappa shape index (κ2) is 6.32. The number of nitro groups is 1. The summed E-state index contributed by atoms with van der Waals surface area (Å²) in [6.07, 6.45) is 1.69. The van der Waals surface area contributed by atoms with Gasteiger partial charge in [-0.3, -0.25) is 10.1 Å². The van der Waals surface area contributed by atoms with Gasteiger partial charge >= 0.3 is 0 Å². The van der Waals surface area contributed by atoms with Crippen LogP contribution in [0.4, 0.5) is 17.2 Å². The fourth-order valence-corrected chi connectivity index (χ4v) is 2.70. The van der Waals surface area contributed by atoms with Crippen molar-refractivity contribution in [3.05, 3.63) is 58.3 Å². The topological polar surface area (TPSA) is 86.3 Å². The molecule has 116 valence electrons. The average molecular weight is 309 g/mol. The van der Waals surface area contributed by atoms with Gasteiger partial charge in [0, 0.05) is 50.2 Å². The van der Waals surface area contributed by atoms with Crippen molar-refractivity contribution >= 4 is 17.2 Å². The highest BCUT2D eigenvalue weighted by Gasteiger charge is 2.20. The first-order chi connectivity index (χ1) is 11.2. The van der Waals surface area contributed by atoms with Crippen LogP contribution in [0.1, 0.15) is 5.56 Å². The zero-order chi connectivity index (χ0) is 16.2. The smallest absolute Gasteiger partial charge is 0.269 e. The summed E-state index contributed by atoms with van der Waals surface area (Å²) in [4.78, 5) is 18.9. The van der Waals surface area contributed by atoms with Crippen LogP contribution in [-0.2, 0) is 0 Å². The first-order valence-electron chi connectivity index (χ1n) is 7.28. The van der Waals surface area contributed by atoms with Gasteiger partial charge in [-0.05, 0) is 24.3 Å². The Morgan fingerprint density at radius 2 is 1.74 bits per heavy atom. The highest BCUT2D eigenvalue weighted by atomic mass is 16.6. The van der Waals surface area contributed by atoms with Gasteiger partial charge in [0.2, 0.25) is 0 Å². The Labute approximate surface area is 133 Å². The van der Waals surface area contributed by atoms with Crippen molar-refractivity contribution in [3.8, 4) is 6.07 Å². The van der Waals surface area contributed by atoms with Crippen LogP contribution in [0.2, 0.25) is 0 Å². The number of rotatable bonds is 3. The van der Waals surface area contributed by atoms with Crippen LogP contribution in [0.3, 0.4) is 0 Å². The summed E-state index contributed by atoms with van der Waals surface area (Å²) in [6.45, 7) is 3.06. The highest BCUT2D eigenvalue weighted by Crippen LogP contribution is 2.23. The molecule has 0 spiro atoms. The molecule has 7 heteroatoms. The Bertz CT molecular complexity index is 746. The van der Waals surface area contributed by atoms with Crippen molar-refractivity contribution in [2.24, 2.45) is 0 Å². The molecular formula is C16H15N5O2. The number of non-ortho nitro benzene ring substituents is 1. The lowest BCUT2D eigenvalue weighted by atomic mass is 10.2. The summed E-state index contributed by atoms with van der Waals surface area (Å²) in [7, 11) is 0. The predicted octanol–water partition coefficient (Wildman–Crippen LogP) is 2.19. The number of hydrogen-bond acceptors (Lipinski definition) is 6. The van der Waals surface area contributed by atoms with E-state index in [1.165, 1.54) is 12.1 Å². The molecule has 2 heterocycles. The molecule has 1 aliphatic rings. The summed E-state index contributed by atoms with van der Waals surface area (Å²) < 4.78 is 0. The Kier molecular flexibility index (Phi) is 4.06. The van der Waals surface area contributed by atoms with Crippen molar-refractivity contribution in [1.29, 1.82) is 5.26 Å². The molecule has 0 aliphatic carbocycles. The molecule has 0 radical (unpaired) electrons. The van der Waals surface area contributed by atoms with E-state index in [1.807, 2.05) is 0 Å². The second-order valence-corrected chi connectivity index (χ2v) is 5.23. The van der Waals surface area contributed by atoms with Gasteiger partial charge in [-0.25, -0.2) is 4.98 Å². The summed E-state index contributed by atoms with van der Waals surface area (Å²) in [5.74, 6) is 0.721. The van der Waals surface area contributed by atoms with E-state index in [0.717, 1.165) is 37.7 Å². The van der Waals surface area contributed by atoms with Crippen LogP contribution in [0.5, 0.6) is 0 Å². The third-order valence-corrected chi connectivity index (χ3v) is 3.91. The third kappa shape index (κ3) is 3.06. The van der Waals surface area contributed by atoms with Crippen molar-refractivity contribution in [2.45, 2.75) is 0 Å². The maximum Gasteiger partial charge on any atom is 0.269 e. The molecule has 0 unspecified atom stereocenters. The van der Waals surface area contributed by atoms with Gasteiger partial charge in [-0.1, -0.05) is 0 Å². The average Bonchev–Trinajstić information content (AvgIpc) is 2.62. The Hall–Kier alpha value is -3.14. The predicted molar refractivity (Wildman–Crippen MR) is 86.5 cm³/mol. The number of anilines is 2. The van der Waals surface area contributed by atoms with Gasteiger partial charge in [-0.15, -0.1) is 0 Å². The van der Waals surface area contributed by atoms with Crippen molar-refractivity contribution in [1.82, 2.24) is 4.98 Å². The quantitative estimate of drug-likeness (QED) is 0.638. The number of nitro benzene ring substituents is 1. The van der Waals surface area contributed by atoms with Crippen molar-refractivity contribution in [2.75, 3.05) is 36.0 Å². The number of piperazine rings is 1. The molecule has 7 nitrogen and oxygen atoms in total. The minimum atomic E-state index is -0.397. The Morgan fingerprint density at radius 3 is 2.35 bits per heavy atom. The Balaban J connectivity index is 1.69. The zero-order valence-corrected chi connectivity index (χ0v) is 12.4. The molecule has 1 saturated heterocycles. The monoisotopic (exact) mass is 309 g/mol. The maximum absolute atomic E-state index is 10.7. The maximum atomic E-state index is 10.7. The first-order valence-corrected chi connectivity index (χ1v) is 7.28. The number of pyridine rings is 1. The molecule has 0 N–H and O–H groups in total. The highest BCUT2D eigenvalue weighted by molar-refractivity contribution is 5.56. The molecule has 3 rings (SSSR count). The normalized spacial score (nSPS) is 14.4. The van der Waals surface area contributed by atoms with E-state index in [4.69, 9.17) is 5.26 Å². The molecule has 0 saturated carbocycles. The minimum Gasteiger partial charge on any atom is -0.368 e. The van der Waals surface area contributed by atoms with E-state index < -0.39 is 4.92 Å². The molecular weight excluding hydrogens is 294 g/mol. The van der Waals surface area contributed by atoms with Crippen LogP contribution in [0, 0.1) is 21.4 Å². The van der Waals surface area contributed by atoms with E-state index >= 15 is 0 Å². The molecule has 1 fully saturated rings. The van der Waals surface area contributed by atoms with Gasteiger partial charge in [0.25, 0.3) is 5.69 Å². The van der Waals surface area contributed by atoms with Crippen LogP contribution in [-0.4, -0.2) is 36.1 Å². The largest absolute Gasteiger partial charge is 0.368 e. The standard InChI is InChI=1S/C16H15N5O2/c17-12-13-2-1-7-18-16(13)20-10-8-19(9-11-20)14-3-5-15(6-4-14)21(22)23/h1-7H,8-11H2. The molecule has 0 bridgehead atoms. The van der Waals surface area contributed by atoms with Crippen LogP contribution in [0.25, 0.3) is 0 Å². The number of nitrogens with zero attached hydrogens (tertiary/aromatic N) is 5. The van der Waals surface area contributed by atoms with Gasteiger partial charge < -0.3 is 9.80 Å². The summed E-state index contributed by atoms with van der Waals surface area (Å²) in [6, 6.07) is 12.3. The second-order valence-electron chi connectivity index (χ2n) is 5.23. The SMILES string of the molecule is N#Cc1cccnc1N1CCN(c2ccc([N+](=O)[O-])cc2)CC1. The lowest BCUT2D eigenvalue weighted by Gasteiger charge is -2.36. The molecule has 23 heavy (non-hydrogen) atoms. The fraction of sp³-hybridized carbons (Fsp3) is 0.250. The lowest BCUT2D eigenvalue weighted by Crippen LogP contribution is -2.47. The van der Waals surface area contributed by atoms with E-state index in [1.54, 1.807) is 30.5 Å². The van der Waals surface area contributed by atoms with E-state index in [2.05, 4.69) is 20.9 Å². The lowest BCUT2D eigenvalue weighted by molar-refractivity contribution is -0.384. The number of hydrogen-bond donors (Lipinski definition) is 0. The third-order valence-electron chi connectivity index (χ3n) is 3.91. The minimum absolute atomic E-state index is 0.0968. The summed E-state index contributed by atoms with van der Waals surface area (Å²) >= 11 is 0. The van der Waals surface area contributed by atoms with Crippen LogP contribution >= 0.6 is 0 Å². The molecule has 0 amide bonds. The van der Waals surface area contributed by atoms with E-state index in [-0.39, 0.29) is 5.69 Å². The molecule has 1 aromatic carbocycles.